The van der Waals surface area contributed by atoms with Gasteiger partial charge in [0.2, 0.25) is 0 Å². The normalized spacial score (nSPS) is 13.5. The number of fused-ring (bicyclic) bond motifs is 3. The van der Waals surface area contributed by atoms with Crippen molar-refractivity contribution in [2.45, 2.75) is 13.5 Å². The molecule has 4 rings (SSSR count). The van der Waals surface area contributed by atoms with Gasteiger partial charge in [0.05, 0.1) is 11.5 Å². The summed E-state index contributed by atoms with van der Waals surface area (Å²) in [5.74, 6) is 0.907. The largest absolute Gasteiger partial charge is 0.473 e. The predicted molar refractivity (Wildman–Crippen MR) is 93.5 cm³/mol. The first-order valence-electron chi connectivity index (χ1n) is 7.77. The van der Waals surface area contributed by atoms with E-state index in [2.05, 4.69) is 23.1 Å². The summed E-state index contributed by atoms with van der Waals surface area (Å²) >= 11 is 0. The quantitative estimate of drug-likeness (QED) is 0.518. The number of ether oxygens (including phenoxy) is 1. The van der Waals surface area contributed by atoms with Crippen molar-refractivity contribution in [3.8, 4) is 5.75 Å². The first-order chi connectivity index (χ1) is 11.6. The smallest absolute Gasteiger partial charge is 0.269 e. The molecule has 24 heavy (non-hydrogen) atoms. The molecule has 3 aromatic rings. The van der Waals surface area contributed by atoms with Gasteiger partial charge >= 0.3 is 0 Å². The van der Waals surface area contributed by atoms with E-state index in [1.54, 1.807) is 18.2 Å². The van der Waals surface area contributed by atoms with Crippen LogP contribution in [0.3, 0.4) is 0 Å². The Hall–Kier alpha value is -3.08. The van der Waals surface area contributed by atoms with Crippen molar-refractivity contribution in [2.75, 3.05) is 11.6 Å². The third-order valence-corrected chi connectivity index (χ3v) is 4.45. The molecule has 3 aromatic carbocycles. The van der Waals surface area contributed by atoms with Crippen molar-refractivity contribution in [3.05, 3.63) is 75.8 Å². The van der Waals surface area contributed by atoms with Gasteiger partial charge in [0.1, 0.15) is 5.75 Å². The van der Waals surface area contributed by atoms with E-state index in [0.717, 1.165) is 29.1 Å². The number of rotatable bonds is 2. The van der Waals surface area contributed by atoms with E-state index in [1.165, 1.54) is 10.8 Å². The van der Waals surface area contributed by atoms with E-state index in [-0.39, 0.29) is 10.6 Å². The van der Waals surface area contributed by atoms with Crippen LogP contribution in [0, 0.1) is 17.0 Å². The summed E-state index contributed by atoms with van der Waals surface area (Å²) in [7, 11) is 0. The molecule has 0 saturated carbocycles. The molecule has 1 aliphatic heterocycles. The molecule has 120 valence electrons. The van der Waals surface area contributed by atoms with Crippen LogP contribution in [-0.2, 0) is 6.54 Å². The second-order valence-corrected chi connectivity index (χ2v) is 5.96. The average molecular weight is 320 g/mol. The molecule has 0 unspecified atom stereocenters. The summed E-state index contributed by atoms with van der Waals surface area (Å²) in [5.41, 5.74) is 3.09. The first kappa shape index (κ1) is 14.5. The van der Waals surface area contributed by atoms with E-state index >= 15 is 0 Å². The number of benzene rings is 3. The maximum absolute atomic E-state index is 10.9. The summed E-state index contributed by atoms with van der Waals surface area (Å²) in [6.07, 6.45) is 0. The highest BCUT2D eigenvalue weighted by molar-refractivity contribution is 5.88. The molecule has 0 fully saturated rings. The van der Waals surface area contributed by atoms with E-state index in [4.69, 9.17) is 4.74 Å². The van der Waals surface area contributed by atoms with Gasteiger partial charge in [-0.15, -0.1) is 0 Å². The Morgan fingerprint density at radius 3 is 2.75 bits per heavy atom. The SMILES string of the molecule is Cc1cc([N+](=O)[O-])ccc1N1COc2ccc3ccccc3c2C1. The average Bonchev–Trinajstić information content (AvgIpc) is 2.61. The fourth-order valence-electron chi connectivity index (χ4n) is 3.26. The molecule has 0 radical (unpaired) electrons. The number of aryl methyl sites for hydroxylation is 1. The third kappa shape index (κ3) is 2.34. The molecule has 0 N–H and O–H groups in total. The van der Waals surface area contributed by atoms with Gasteiger partial charge in [0.25, 0.3) is 5.69 Å². The Bertz CT molecular complexity index is 952. The zero-order valence-electron chi connectivity index (χ0n) is 13.2. The van der Waals surface area contributed by atoms with Gasteiger partial charge in [0.15, 0.2) is 6.73 Å². The third-order valence-electron chi connectivity index (χ3n) is 4.45. The van der Waals surface area contributed by atoms with E-state index in [1.807, 2.05) is 25.1 Å². The van der Waals surface area contributed by atoms with Crippen molar-refractivity contribution in [3.63, 3.8) is 0 Å². The predicted octanol–water partition coefficient (Wildman–Crippen LogP) is 4.41. The number of hydrogen-bond acceptors (Lipinski definition) is 4. The van der Waals surface area contributed by atoms with E-state index in [9.17, 15) is 10.1 Å². The molecule has 0 amide bonds. The van der Waals surface area contributed by atoms with Crippen molar-refractivity contribution < 1.29 is 9.66 Å². The molecule has 0 spiro atoms. The Kier molecular flexibility index (Phi) is 3.34. The molecule has 0 aromatic heterocycles. The zero-order valence-corrected chi connectivity index (χ0v) is 13.2. The van der Waals surface area contributed by atoms with Gasteiger partial charge in [-0.2, -0.15) is 0 Å². The minimum Gasteiger partial charge on any atom is -0.473 e. The lowest BCUT2D eigenvalue weighted by Crippen LogP contribution is -2.32. The molecular weight excluding hydrogens is 304 g/mol. The second-order valence-electron chi connectivity index (χ2n) is 5.96. The Morgan fingerprint density at radius 1 is 1.12 bits per heavy atom. The molecule has 5 nitrogen and oxygen atoms in total. The number of nitro benzene ring substituents is 1. The molecule has 0 saturated heterocycles. The molecule has 0 bridgehead atoms. The molecule has 5 heteroatoms. The van der Waals surface area contributed by atoms with Crippen LogP contribution >= 0.6 is 0 Å². The molecule has 1 aliphatic rings. The molecule has 0 atom stereocenters. The molecular formula is C19H16N2O3. The van der Waals surface area contributed by atoms with E-state index in [0.29, 0.717) is 6.73 Å². The van der Waals surface area contributed by atoms with Crippen molar-refractivity contribution in [1.29, 1.82) is 0 Å². The van der Waals surface area contributed by atoms with Crippen molar-refractivity contribution in [2.24, 2.45) is 0 Å². The van der Waals surface area contributed by atoms with E-state index < -0.39 is 0 Å². The number of nitro groups is 1. The highest BCUT2D eigenvalue weighted by Crippen LogP contribution is 2.35. The van der Waals surface area contributed by atoms with Crippen LogP contribution in [0.2, 0.25) is 0 Å². The van der Waals surface area contributed by atoms with Gasteiger partial charge in [-0.1, -0.05) is 30.3 Å². The maximum Gasteiger partial charge on any atom is 0.269 e. The van der Waals surface area contributed by atoms with Crippen LogP contribution < -0.4 is 9.64 Å². The van der Waals surface area contributed by atoms with Crippen LogP contribution in [0.5, 0.6) is 5.75 Å². The van der Waals surface area contributed by atoms with Gasteiger partial charge in [0, 0.05) is 23.4 Å². The zero-order chi connectivity index (χ0) is 16.7. The van der Waals surface area contributed by atoms with Crippen molar-refractivity contribution in [1.82, 2.24) is 0 Å². The van der Waals surface area contributed by atoms with Crippen LogP contribution in [0.15, 0.2) is 54.6 Å². The molecule has 1 heterocycles. The monoisotopic (exact) mass is 320 g/mol. The number of non-ortho nitro benzene ring substituents is 1. The topological polar surface area (TPSA) is 55.6 Å². The number of anilines is 1. The fraction of sp³-hybridized carbons (Fsp3) is 0.158. The van der Waals surface area contributed by atoms with Crippen molar-refractivity contribution >= 4 is 22.1 Å². The maximum atomic E-state index is 10.9. The van der Waals surface area contributed by atoms with Gasteiger partial charge < -0.3 is 9.64 Å². The van der Waals surface area contributed by atoms with Gasteiger partial charge in [-0.25, -0.2) is 0 Å². The first-order valence-corrected chi connectivity index (χ1v) is 7.77. The van der Waals surface area contributed by atoms with Crippen LogP contribution in [0.1, 0.15) is 11.1 Å². The summed E-state index contributed by atoms with van der Waals surface area (Å²) < 4.78 is 5.92. The van der Waals surface area contributed by atoms with Crippen LogP contribution in [0.25, 0.3) is 10.8 Å². The lowest BCUT2D eigenvalue weighted by Gasteiger charge is -2.32. The Balaban J connectivity index is 1.74. The number of hydrogen-bond donors (Lipinski definition) is 0. The Labute approximate surface area is 139 Å². The van der Waals surface area contributed by atoms with Gasteiger partial charge in [-0.05, 0) is 35.4 Å². The standard InChI is InChI=1S/C19H16N2O3/c1-13-10-15(21(22)23)7-8-18(13)20-11-17-16-5-3-2-4-14(16)6-9-19(17)24-12-20/h2-10H,11-12H2,1H3. The van der Waals surface area contributed by atoms with Gasteiger partial charge in [-0.3, -0.25) is 10.1 Å². The number of nitrogens with zero attached hydrogens (tertiary/aromatic N) is 2. The minimum absolute atomic E-state index is 0.111. The van der Waals surface area contributed by atoms with Crippen LogP contribution in [0.4, 0.5) is 11.4 Å². The summed E-state index contributed by atoms with van der Waals surface area (Å²) in [6.45, 7) is 3.04. The highest BCUT2D eigenvalue weighted by Gasteiger charge is 2.21. The Morgan fingerprint density at radius 2 is 1.96 bits per heavy atom. The summed E-state index contributed by atoms with van der Waals surface area (Å²) in [6, 6.07) is 17.3. The summed E-state index contributed by atoms with van der Waals surface area (Å²) in [5, 5.41) is 13.3. The van der Waals surface area contributed by atoms with Crippen LogP contribution in [-0.4, -0.2) is 11.7 Å². The fourth-order valence-corrected chi connectivity index (χ4v) is 3.26. The molecule has 0 aliphatic carbocycles. The minimum atomic E-state index is -0.369. The second kappa shape index (κ2) is 5.53. The lowest BCUT2D eigenvalue weighted by molar-refractivity contribution is -0.384. The highest BCUT2D eigenvalue weighted by atomic mass is 16.6. The summed E-state index contributed by atoms with van der Waals surface area (Å²) in [4.78, 5) is 12.7. The lowest BCUT2D eigenvalue weighted by atomic mass is 10.0.